The topological polar surface area (TPSA) is 34.1 Å². The van der Waals surface area contributed by atoms with Gasteiger partial charge in [-0.25, -0.2) is 4.98 Å². The van der Waals surface area contributed by atoms with Gasteiger partial charge >= 0.3 is 0 Å². The second-order valence-corrected chi connectivity index (χ2v) is 5.63. The number of aryl methyl sites for hydroxylation is 1. The summed E-state index contributed by atoms with van der Waals surface area (Å²) in [5.74, 6) is 1.75. The molecule has 1 aromatic carbocycles. The molecular weight excluding hydrogens is 268 g/mol. The Hall–Kier alpha value is -2.07. The SMILES string of the molecule is COc1ccc2ccnc(NCc3sccc3C)c2c1. The van der Waals surface area contributed by atoms with E-state index in [1.165, 1.54) is 10.4 Å². The van der Waals surface area contributed by atoms with Crippen LogP contribution in [0.5, 0.6) is 5.75 Å². The molecule has 3 aromatic rings. The molecule has 0 fully saturated rings. The Morgan fingerprint density at radius 1 is 1.25 bits per heavy atom. The second kappa shape index (κ2) is 5.51. The summed E-state index contributed by atoms with van der Waals surface area (Å²) in [5.41, 5.74) is 1.32. The van der Waals surface area contributed by atoms with Gasteiger partial charge in [0.25, 0.3) is 0 Å². The van der Waals surface area contributed by atoms with Crippen LogP contribution >= 0.6 is 11.3 Å². The largest absolute Gasteiger partial charge is 0.497 e. The van der Waals surface area contributed by atoms with Crippen LogP contribution < -0.4 is 10.1 Å². The van der Waals surface area contributed by atoms with E-state index < -0.39 is 0 Å². The number of aromatic nitrogens is 1. The van der Waals surface area contributed by atoms with Gasteiger partial charge in [0.1, 0.15) is 11.6 Å². The minimum Gasteiger partial charge on any atom is -0.497 e. The van der Waals surface area contributed by atoms with E-state index in [4.69, 9.17) is 4.74 Å². The summed E-state index contributed by atoms with van der Waals surface area (Å²) < 4.78 is 5.29. The number of benzene rings is 1. The zero-order valence-electron chi connectivity index (χ0n) is 11.5. The lowest BCUT2D eigenvalue weighted by atomic mass is 10.1. The Kier molecular flexibility index (Phi) is 3.56. The van der Waals surface area contributed by atoms with Crippen LogP contribution in [-0.4, -0.2) is 12.1 Å². The van der Waals surface area contributed by atoms with Gasteiger partial charge in [-0.05, 0) is 47.5 Å². The Balaban J connectivity index is 1.92. The maximum atomic E-state index is 5.29. The first kappa shape index (κ1) is 12.9. The Bertz CT molecular complexity index is 736. The molecule has 0 spiro atoms. The molecule has 2 heterocycles. The number of anilines is 1. The molecule has 3 rings (SSSR count). The normalized spacial score (nSPS) is 10.7. The molecule has 0 radical (unpaired) electrons. The number of nitrogens with zero attached hydrogens (tertiary/aromatic N) is 1. The molecule has 3 nitrogen and oxygen atoms in total. The Morgan fingerprint density at radius 2 is 2.15 bits per heavy atom. The summed E-state index contributed by atoms with van der Waals surface area (Å²) in [6.45, 7) is 2.93. The van der Waals surface area contributed by atoms with Gasteiger partial charge in [-0.2, -0.15) is 0 Å². The summed E-state index contributed by atoms with van der Waals surface area (Å²) in [6, 6.07) is 10.2. The van der Waals surface area contributed by atoms with Crippen molar-refractivity contribution in [3.8, 4) is 5.75 Å². The van der Waals surface area contributed by atoms with Gasteiger partial charge in [0.15, 0.2) is 0 Å². The first-order chi connectivity index (χ1) is 9.78. The lowest BCUT2D eigenvalue weighted by Crippen LogP contribution is -2.01. The van der Waals surface area contributed by atoms with E-state index in [1.54, 1.807) is 18.4 Å². The van der Waals surface area contributed by atoms with E-state index in [9.17, 15) is 0 Å². The standard InChI is InChI=1S/C16H16N2OS/c1-11-6-8-20-15(11)10-18-16-14-9-13(19-2)4-3-12(14)5-7-17-16/h3-9H,10H2,1-2H3,(H,17,18). The van der Waals surface area contributed by atoms with Gasteiger partial charge < -0.3 is 10.1 Å². The number of hydrogen-bond acceptors (Lipinski definition) is 4. The van der Waals surface area contributed by atoms with Crippen LogP contribution in [0.25, 0.3) is 10.8 Å². The third-order valence-electron chi connectivity index (χ3n) is 3.36. The zero-order chi connectivity index (χ0) is 13.9. The third kappa shape index (κ3) is 2.47. The summed E-state index contributed by atoms with van der Waals surface area (Å²) >= 11 is 1.77. The van der Waals surface area contributed by atoms with Gasteiger partial charge in [-0.15, -0.1) is 11.3 Å². The van der Waals surface area contributed by atoms with Crippen LogP contribution in [0.1, 0.15) is 10.4 Å². The number of rotatable bonds is 4. The van der Waals surface area contributed by atoms with Crippen LogP contribution in [0.4, 0.5) is 5.82 Å². The molecule has 2 aromatic heterocycles. The summed E-state index contributed by atoms with van der Waals surface area (Å²) in [6.07, 6.45) is 1.83. The predicted molar refractivity (Wildman–Crippen MR) is 84.7 cm³/mol. The molecule has 4 heteroatoms. The fraction of sp³-hybridized carbons (Fsp3) is 0.188. The highest BCUT2D eigenvalue weighted by Gasteiger charge is 2.05. The summed E-state index contributed by atoms with van der Waals surface area (Å²) in [5, 5.41) is 7.79. The van der Waals surface area contributed by atoms with E-state index in [1.807, 2.05) is 24.4 Å². The van der Waals surface area contributed by atoms with Gasteiger partial charge in [0.05, 0.1) is 13.7 Å². The van der Waals surface area contributed by atoms with E-state index in [2.05, 4.69) is 34.7 Å². The smallest absolute Gasteiger partial charge is 0.134 e. The predicted octanol–water partition coefficient (Wildman–Crippen LogP) is 4.23. The molecule has 20 heavy (non-hydrogen) atoms. The van der Waals surface area contributed by atoms with Crippen molar-refractivity contribution in [3.05, 3.63) is 52.3 Å². The molecule has 0 saturated heterocycles. The highest BCUT2D eigenvalue weighted by atomic mass is 32.1. The van der Waals surface area contributed by atoms with Crippen molar-refractivity contribution < 1.29 is 4.74 Å². The van der Waals surface area contributed by atoms with E-state index in [-0.39, 0.29) is 0 Å². The molecule has 0 aliphatic carbocycles. The van der Waals surface area contributed by atoms with Crippen molar-refractivity contribution in [2.75, 3.05) is 12.4 Å². The highest BCUT2D eigenvalue weighted by molar-refractivity contribution is 7.10. The van der Waals surface area contributed by atoms with Crippen LogP contribution in [0.15, 0.2) is 41.9 Å². The van der Waals surface area contributed by atoms with Crippen LogP contribution in [0.2, 0.25) is 0 Å². The van der Waals surface area contributed by atoms with Crippen molar-refractivity contribution >= 4 is 27.9 Å². The molecule has 102 valence electrons. The molecule has 0 bridgehead atoms. The van der Waals surface area contributed by atoms with Crippen molar-refractivity contribution in [2.24, 2.45) is 0 Å². The minimum absolute atomic E-state index is 0.798. The van der Waals surface area contributed by atoms with Gasteiger partial charge in [0.2, 0.25) is 0 Å². The molecule has 0 aliphatic heterocycles. The minimum atomic E-state index is 0.798. The number of thiophene rings is 1. The zero-order valence-corrected chi connectivity index (χ0v) is 12.3. The van der Waals surface area contributed by atoms with Crippen molar-refractivity contribution in [1.82, 2.24) is 4.98 Å². The Labute approximate surface area is 122 Å². The fourth-order valence-corrected chi connectivity index (χ4v) is 3.01. The van der Waals surface area contributed by atoms with Crippen LogP contribution in [0.3, 0.4) is 0 Å². The van der Waals surface area contributed by atoms with Crippen molar-refractivity contribution in [3.63, 3.8) is 0 Å². The number of nitrogens with one attached hydrogen (secondary N) is 1. The Morgan fingerprint density at radius 3 is 2.90 bits per heavy atom. The van der Waals surface area contributed by atoms with Gasteiger partial charge in [-0.1, -0.05) is 6.07 Å². The summed E-state index contributed by atoms with van der Waals surface area (Å²) in [7, 11) is 1.68. The number of ether oxygens (including phenoxy) is 1. The second-order valence-electron chi connectivity index (χ2n) is 4.63. The molecule has 0 unspecified atom stereocenters. The van der Waals surface area contributed by atoms with Gasteiger partial charge in [0, 0.05) is 16.5 Å². The highest BCUT2D eigenvalue weighted by Crippen LogP contribution is 2.26. The monoisotopic (exact) mass is 284 g/mol. The van der Waals surface area contributed by atoms with Crippen LogP contribution in [-0.2, 0) is 6.54 Å². The average molecular weight is 284 g/mol. The van der Waals surface area contributed by atoms with E-state index in [0.29, 0.717) is 0 Å². The maximum absolute atomic E-state index is 5.29. The number of pyridine rings is 1. The van der Waals surface area contributed by atoms with Crippen LogP contribution in [0, 0.1) is 6.92 Å². The van der Waals surface area contributed by atoms with Gasteiger partial charge in [-0.3, -0.25) is 0 Å². The maximum Gasteiger partial charge on any atom is 0.134 e. The lowest BCUT2D eigenvalue weighted by Gasteiger charge is -2.09. The molecule has 0 atom stereocenters. The number of fused-ring (bicyclic) bond motifs is 1. The molecule has 0 saturated carbocycles. The van der Waals surface area contributed by atoms with Crippen molar-refractivity contribution in [1.29, 1.82) is 0 Å². The summed E-state index contributed by atoms with van der Waals surface area (Å²) in [4.78, 5) is 5.79. The molecular formula is C16H16N2OS. The van der Waals surface area contributed by atoms with Crippen molar-refractivity contribution in [2.45, 2.75) is 13.5 Å². The number of methoxy groups -OCH3 is 1. The first-order valence-electron chi connectivity index (χ1n) is 6.47. The fourth-order valence-electron chi connectivity index (χ4n) is 2.16. The van der Waals surface area contributed by atoms with E-state index >= 15 is 0 Å². The molecule has 1 N–H and O–H groups in total. The first-order valence-corrected chi connectivity index (χ1v) is 7.35. The van der Waals surface area contributed by atoms with E-state index in [0.717, 1.165) is 28.9 Å². The lowest BCUT2D eigenvalue weighted by molar-refractivity contribution is 0.415. The third-order valence-corrected chi connectivity index (χ3v) is 4.38. The number of hydrogen-bond donors (Lipinski definition) is 1. The molecule has 0 aliphatic rings. The molecule has 0 amide bonds. The quantitative estimate of drug-likeness (QED) is 0.778. The average Bonchev–Trinajstić information content (AvgIpc) is 2.89.